The third kappa shape index (κ3) is 8.09. The number of nitrogens with zero attached hydrogens (tertiary/aromatic N) is 8. The summed E-state index contributed by atoms with van der Waals surface area (Å²) >= 11 is 6.45. The lowest BCUT2D eigenvalue weighted by molar-refractivity contribution is 0.00502. The number of aromatic nitrogens is 7. The van der Waals surface area contributed by atoms with Gasteiger partial charge in [0.15, 0.2) is 0 Å². The summed E-state index contributed by atoms with van der Waals surface area (Å²) in [5.41, 5.74) is 2.44. The van der Waals surface area contributed by atoms with E-state index in [9.17, 15) is 0 Å². The van der Waals surface area contributed by atoms with E-state index in [-0.39, 0.29) is 6.10 Å². The van der Waals surface area contributed by atoms with Gasteiger partial charge in [-0.1, -0.05) is 17.7 Å². The highest BCUT2D eigenvalue weighted by Gasteiger charge is 2.29. The summed E-state index contributed by atoms with van der Waals surface area (Å²) in [6.07, 6.45) is 13.0. The van der Waals surface area contributed by atoms with Crippen molar-refractivity contribution in [2.45, 2.75) is 57.3 Å². The number of benzene rings is 1. The zero-order valence-electron chi connectivity index (χ0n) is 25.7. The van der Waals surface area contributed by atoms with Crippen molar-refractivity contribution in [1.29, 1.82) is 0 Å². The van der Waals surface area contributed by atoms with Crippen LogP contribution in [0.4, 0.5) is 11.6 Å². The first-order chi connectivity index (χ1) is 22.1. The molecule has 0 bridgehead atoms. The number of morpholine rings is 1. The van der Waals surface area contributed by atoms with Gasteiger partial charge in [-0.15, -0.1) is 5.10 Å². The van der Waals surface area contributed by atoms with Gasteiger partial charge in [0.2, 0.25) is 5.95 Å². The van der Waals surface area contributed by atoms with E-state index in [1.807, 2.05) is 36.0 Å². The number of hydrogen-bond acceptors (Lipinski definition) is 11. The van der Waals surface area contributed by atoms with Gasteiger partial charge < -0.3 is 24.3 Å². The monoisotopic (exact) mass is 637 g/mol. The molecule has 1 aliphatic heterocycles. The lowest BCUT2D eigenvalue weighted by Gasteiger charge is -2.38. The van der Waals surface area contributed by atoms with E-state index in [1.165, 1.54) is 6.33 Å². The molecule has 14 heteroatoms. The molecule has 6 rings (SSSR count). The van der Waals surface area contributed by atoms with Crippen LogP contribution in [0.1, 0.15) is 38.6 Å². The van der Waals surface area contributed by atoms with Crippen LogP contribution in [-0.4, -0.2) is 98.2 Å². The Hall–Kier alpha value is -3.78. The minimum atomic E-state index is -0.164. The van der Waals surface area contributed by atoms with Gasteiger partial charge >= 0.3 is 0 Å². The van der Waals surface area contributed by atoms with Crippen molar-refractivity contribution >= 4 is 23.2 Å². The second-order valence-corrected chi connectivity index (χ2v) is 11.8. The molecule has 13 nitrogen and oxygen atoms in total. The standard InChI is InChI=1S/C31H40ClN9O4/c1-22(18-40-21-33-20-36-40)45-29-15-23(3-8-27(29)32)24-16-34-31(35-17-24)37-28-19-41(38-30(28)44-14-13-42-2)26-6-4-25(5-7-26)39-9-11-43-12-10-39/h3,8,15-17,19-22,25-26H,4-7,9-14,18H2,1-2H3,(H,34,35,37). The fourth-order valence-corrected chi connectivity index (χ4v) is 6.05. The molecule has 1 atom stereocenters. The molecule has 4 heterocycles. The Bertz CT molecular complexity index is 1490. The molecule has 1 N–H and O–H groups in total. The van der Waals surface area contributed by atoms with Crippen LogP contribution in [0.25, 0.3) is 11.1 Å². The largest absolute Gasteiger partial charge is 0.487 e. The number of hydrogen-bond donors (Lipinski definition) is 1. The molecule has 2 fully saturated rings. The molecule has 4 aromatic rings. The van der Waals surface area contributed by atoms with E-state index < -0.39 is 0 Å². The Morgan fingerprint density at radius 1 is 1.04 bits per heavy atom. The van der Waals surface area contributed by atoms with Crippen molar-refractivity contribution < 1.29 is 18.9 Å². The minimum absolute atomic E-state index is 0.164. The zero-order chi connectivity index (χ0) is 31.0. The van der Waals surface area contributed by atoms with Crippen molar-refractivity contribution in [2.75, 3.05) is 51.9 Å². The molecule has 0 radical (unpaired) electrons. The smallest absolute Gasteiger partial charge is 0.257 e. The number of rotatable bonds is 13. The van der Waals surface area contributed by atoms with Crippen LogP contribution in [0.2, 0.25) is 5.02 Å². The van der Waals surface area contributed by atoms with Gasteiger partial charge in [-0.2, -0.15) is 5.10 Å². The molecule has 0 spiro atoms. The van der Waals surface area contributed by atoms with Crippen LogP contribution < -0.4 is 14.8 Å². The van der Waals surface area contributed by atoms with Crippen LogP contribution in [0.5, 0.6) is 11.6 Å². The first kappa shape index (κ1) is 31.2. The van der Waals surface area contributed by atoms with Crippen LogP contribution in [-0.2, 0) is 16.0 Å². The van der Waals surface area contributed by atoms with Crippen LogP contribution in [0.3, 0.4) is 0 Å². The van der Waals surface area contributed by atoms with E-state index in [4.69, 9.17) is 35.6 Å². The van der Waals surface area contributed by atoms with Gasteiger partial charge in [0.1, 0.15) is 36.8 Å². The summed E-state index contributed by atoms with van der Waals surface area (Å²) in [6, 6.07) is 6.56. The molecular weight excluding hydrogens is 598 g/mol. The highest BCUT2D eigenvalue weighted by atomic mass is 35.5. The normalized spacial score (nSPS) is 19.7. The van der Waals surface area contributed by atoms with Crippen molar-refractivity contribution in [2.24, 2.45) is 0 Å². The second-order valence-electron chi connectivity index (χ2n) is 11.4. The van der Waals surface area contributed by atoms with Gasteiger partial charge in [0.05, 0.1) is 43.6 Å². The zero-order valence-corrected chi connectivity index (χ0v) is 26.5. The third-order valence-corrected chi connectivity index (χ3v) is 8.54. The molecule has 1 saturated carbocycles. The number of methoxy groups -OCH3 is 1. The average molecular weight is 638 g/mol. The Balaban J connectivity index is 1.11. The molecular formula is C31H40ClN9O4. The quantitative estimate of drug-likeness (QED) is 0.206. The molecule has 1 aliphatic carbocycles. The van der Waals surface area contributed by atoms with Gasteiger partial charge in [-0.05, 0) is 50.3 Å². The van der Waals surface area contributed by atoms with E-state index in [0.29, 0.717) is 54.4 Å². The summed E-state index contributed by atoms with van der Waals surface area (Å²) in [7, 11) is 1.65. The minimum Gasteiger partial charge on any atom is -0.487 e. The van der Waals surface area contributed by atoms with Gasteiger partial charge in [0.25, 0.3) is 5.88 Å². The topological polar surface area (TPSA) is 127 Å². The number of nitrogens with one attached hydrogen (secondary N) is 1. The molecule has 1 saturated heterocycles. The maximum Gasteiger partial charge on any atom is 0.257 e. The lowest BCUT2D eigenvalue weighted by Crippen LogP contribution is -2.45. The number of halogens is 1. The number of anilines is 2. The second kappa shape index (κ2) is 15.0. The predicted molar refractivity (Wildman–Crippen MR) is 169 cm³/mol. The molecule has 240 valence electrons. The Labute approximate surface area is 267 Å². The van der Waals surface area contributed by atoms with Crippen LogP contribution in [0.15, 0.2) is 49.4 Å². The van der Waals surface area contributed by atoms with Crippen LogP contribution in [0, 0.1) is 0 Å². The molecule has 0 amide bonds. The van der Waals surface area contributed by atoms with Crippen molar-refractivity contribution in [3.63, 3.8) is 0 Å². The summed E-state index contributed by atoms with van der Waals surface area (Å²) in [5.74, 6) is 1.53. The Morgan fingerprint density at radius 3 is 2.56 bits per heavy atom. The molecule has 3 aromatic heterocycles. The highest BCUT2D eigenvalue weighted by Crippen LogP contribution is 2.35. The van der Waals surface area contributed by atoms with E-state index in [0.717, 1.165) is 68.8 Å². The maximum absolute atomic E-state index is 6.45. The highest BCUT2D eigenvalue weighted by molar-refractivity contribution is 6.32. The summed E-state index contributed by atoms with van der Waals surface area (Å²) in [6.45, 7) is 7.09. The van der Waals surface area contributed by atoms with E-state index in [1.54, 1.807) is 30.5 Å². The van der Waals surface area contributed by atoms with Crippen molar-refractivity contribution in [1.82, 2.24) is 39.4 Å². The molecule has 1 unspecified atom stereocenters. The van der Waals surface area contributed by atoms with Crippen molar-refractivity contribution in [3.05, 3.63) is 54.5 Å². The lowest BCUT2D eigenvalue weighted by atomic mass is 9.90. The molecule has 45 heavy (non-hydrogen) atoms. The average Bonchev–Trinajstić information content (AvgIpc) is 3.73. The van der Waals surface area contributed by atoms with E-state index in [2.05, 4.69) is 30.3 Å². The third-order valence-electron chi connectivity index (χ3n) is 8.23. The maximum atomic E-state index is 6.45. The summed E-state index contributed by atoms with van der Waals surface area (Å²) < 4.78 is 26.6. The Morgan fingerprint density at radius 2 is 1.82 bits per heavy atom. The van der Waals surface area contributed by atoms with Crippen LogP contribution >= 0.6 is 11.6 Å². The van der Waals surface area contributed by atoms with Gasteiger partial charge in [-0.25, -0.2) is 19.6 Å². The predicted octanol–water partition coefficient (Wildman–Crippen LogP) is 4.64. The van der Waals surface area contributed by atoms with Gasteiger partial charge in [-0.3, -0.25) is 9.58 Å². The molecule has 2 aliphatic rings. The van der Waals surface area contributed by atoms with Gasteiger partial charge in [0, 0.05) is 44.2 Å². The van der Waals surface area contributed by atoms with E-state index >= 15 is 0 Å². The summed E-state index contributed by atoms with van der Waals surface area (Å²) in [4.78, 5) is 15.7. The first-order valence-corrected chi connectivity index (χ1v) is 15.8. The number of ether oxygens (including phenoxy) is 4. The SMILES string of the molecule is COCCOc1nn(C2CCC(N3CCOCC3)CC2)cc1Nc1ncc(-c2ccc(Cl)c(OC(C)Cn3cncn3)c2)cn1. The Kier molecular flexibility index (Phi) is 10.4. The fourth-order valence-electron chi connectivity index (χ4n) is 5.89. The van der Waals surface area contributed by atoms with Crippen molar-refractivity contribution in [3.8, 4) is 22.8 Å². The summed E-state index contributed by atoms with van der Waals surface area (Å²) in [5, 5.41) is 12.8. The molecule has 1 aromatic carbocycles. The first-order valence-electron chi connectivity index (χ1n) is 15.5. The fraction of sp³-hybridized carbons (Fsp3) is 0.516.